The molecule has 2 heterocycles. The number of aromatic nitrogens is 2. The number of carbonyl (C=O) groups is 1. The largest absolute Gasteiger partial charge is 0.478 e. The van der Waals surface area contributed by atoms with E-state index in [4.69, 9.17) is 9.52 Å². The Bertz CT molecular complexity index is 731. The fraction of sp³-hybridized carbons (Fsp3) is 0. The van der Waals surface area contributed by atoms with Gasteiger partial charge in [0.05, 0.1) is 28.4 Å². The lowest BCUT2D eigenvalue weighted by Gasteiger charge is -1.95. The number of imidazole rings is 1. The molecule has 0 radical (unpaired) electrons. The maximum Gasteiger partial charge on any atom is 0.338 e. The minimum absolute atomic E-state index is 0.394. The number of carboxylic acid groups (broad SMARTS) is 1. The van der Waals surface area contributed by atoms with Crippen molar-refractivity contribution in [2.24, 2.45) is 0 Å². The van der Waals surface area contributed by atoms with E-state index < -0.39 is 17.3 Å². The fourth-order valence-corrected chi connectivity index (χ4v) is 1.73. The Morgan fingerprint density at radius 3 is 2.94 bits per heavy atom. The van der Waals surface area contributed by atoms with Crippen LogP contribution in [-0.2, 0) is 0 Å². The summed E-state index contributed by atoms with van der Waals surface area (Å²) >= 11 is 0. The Balaban J connectivity index is 2.21. The lowest BCUT2D eigenvalue weighted by molar-refractivity contribution is 0.0692. The second-order valence-corrected chi connectivity index (χ2v) is 3.75. The molecule has 0 saturated heterocycles. The van der Waals surface area contributed by atoms with Crippen molar-refractivity contribution in [2.45, 2.75) is 0 Å². The van der Waals surface area contributed by atoms with Crippen molar-refractivity contribution in [3.63, 3.8) is 0 Å². The molecule has 0 fully saturated rings. The topological polar surface area (TPSA) is 79.1 Å². The molecule has 2 aromatic heterocycles. The summed E-state index contributed by atoms with van der Waals surface area (Å²) in [5.74, 6) is -1.61. The van der Waals surface area contributed by atoms with Crippen LogP contribution in [-0.4, -0.2) is 21.0 Å². The second kappa shape index (κ2) is 3.69. The number of nitrogens with zero attached hydrogens (tertiary/aromatic N) is 1. The Labute approximate surface area is 99.9 Å². The van der Waals surface area contributed by atoms with Crippen LogP contribution in [0.2, 0.25) is 0 Å². The van der Waals surface area contributed by atoms with Crippen LogP contribution < -0.4 is 0 Å². The van der Waals surface area contributed by atoms with Gasteiger partial charge in [0.15, 0.2) is 0 Å². The summed E-state index contributed by atoms with van der Waals surface area (Å²) in [4.78, 5) is 17.9. The second-order valence-electron chi connectivity index (χ2n) is 3.75. The highest BCUT2D eigenvalue weighted by Crippen LogP contribution is 2.23. The highest BCUT2D eigenvalue weighted by Gasteiger charge is 2.14. The van der Waals surface area contributed by atoms with Crippen LogP contribution in [0.5, 0.6) is 0 Å². The number of hydrogen-bond donors (Lipinski definition) is 2. The van der Waals surface area contributed by atoms with Crippen molar-refractivity contribution in [3.8, 4) is 11.4 Å². The van der Waals surface area contributed by atoms with Gasteiger partial charge >= 0.3 is 5.97 Å². The van der Waals surface area contributed by atoms with Crippen LogP contribution in [0.3, 0.4) is 0 Å². The molecule has 0 aliphatic carbocycles. The molecule has 3 rings (SSSR count). The summed E-state index contributed by atoms with van der Waals surface area (Å²) in [5, 5.41) is 8.82. The smallest absolute Gasteiger partial charge is 0.338 e. The van der Waals surface area contributed by atoms with Crippen LogP contribution in [0.15, 0.2) is 35.1 Å². The van der Waals surface area contributed by atoms with E-state index in [0.717, 1.165) is 6.07 Å². The number of carboxylic acids is 1. The zero-order valence-electron chi connectivity index (χ0n) is 8.98. The predicted molar refractivity (Wildman–Crippen MR) is 60.7 cm³/mol. The van der Waals surface area contributed by atoms with Gasteiger partial charge in [-0.15, -0.1) is 0 Å². The summed E-state index contributed by atoms with van der Waals surface area (Å²) in [6.45, 7) is 0. The van der Waals surface area contributed by atoms with Crippen LogP contribution in [0, 0.1) is 5.82 Å². The molecule has 0 aliphatic heterocycles. The standard InChI is InChI=1S/C12H7FN2O3/c13-8-4-10-9(3-7(8)12(16)17)14-11(15-10)6-1-2-18-5-6/h1-5H,(H,14,15)(H,16,17). The summed E-state index contributed by atoms with van der Waals surface area (Å²) in [5.41, 5.74) is 1.15. The van der Waals surface area contributed by atoms with Crippen LogP contribution in [0.1, 0.15) is 10.4 Å². The summed E-state index contributed by atoms with van der Waals surface area (Å²) in [6, 6.07) is 4.02. The number of halogens is 1. The van der Waals surface area contributed by atoms with E-state index in [1.165, 1.54) is 18.6 Å². The first-order chi connectivity index (χ1) is 8.65. The maximum atomic E-state index is 13.5. The molecule has 5 nitrogen and oxygen atoms in total. The number of nitrogens with one attached hydrogen (secondary N) is 1. The van der Waals surface area contributed by atoms with Gasteiger partial charge < -0.3 is 14.5 Å². The molecule has 0 aliphatic rings. The quantitative estimate of drug-likeness (QED) is 0.728. The molecule has 0 bridgehead atoms. The van der Waals surface area contributed by atoms with Crippen LogP contribution in [0.25, 0.3) is 22.4 Å². The first-order valence-corrected chi connectivity index (χ1v) is 5.10. The average molecular weight is 246 g/mol. The number of aromatic carboxylic acids is 1. The molecule has 0 atom stereocenters. The molecule has 0 unspecified atom stereocenters. The molecular weight excluding hydrogens is 239 g/mol. The molecule has 18 heavy (non-hydrogen) atoms. The normalized spacial score (nSPS) is 10.9. The van der Waals surface area contributed by atoms with E-state index in [1.807, 2.05) is 0 Å². The Morgan fingerprint density at radius 1 is 1.44 bits per heavy atom. The number of fused-ring (bicyclic) bond motifs is 1. The first-order valence-electron chi connectivity index (χ1n) is 5.10. The summed E-state index contributed by atoms with van der Waals surface area (Å²) < 4.78 is 18.4. The first kappa shape index (κ1) is 10.5. The SMILES string of the molecule is O=C(O)c1cc2nc(-c3ccoc3)[nH]c2cc1F. The van der Waals surface area contributed by atoms with Crippen molar-refractivity contribution >= 4 is 17.0 Å². The van der Waals surface area contributed by atoms with Gasteiger partial charge in [0, 0.05) is 6.07 Å². The number of aromatic amines is 1. The third-order valence-electron chi connectivity index (χ3n) is 2.60. The van der Waals surface area contributed by atoms with Crippen molar-refractivity contribution in [3.05, 3.63) is 42.1 Å². The molecule has 3 aromatic rings. The number of hydrogen-bond acceptors (Lipinski definition) is 3. The molecule has 0 spiro atoms. The summed E-state index contributed by atoms with van der Waals surface area (Å²) in [7, 11) is 0. The maximum absolute atomic E-state index is 13.5. The lowest BCUT2D eigenvalue weighted by Crippen LogP contribution is -1.99. The van der Waals surface area contributed by atoms with Crippen LogP contribution in [0.4, 0.5) is 4.39 Å². The number of benzene rings is 1. The average Bonchev–Trinajstić information content (AvgIpc) is 2.95. The Hall–Kier alpha value is -2.63. The summed E-state index contributed by atoms with van der Waals surface area (Å²) in [6.07, 6.45) is 2.98. The molecule has 6 heteroatoms. The molecule has 90 valence electrons. The van der Waals surface area contributed by atoms with Crippen molar-refractivity contribution in [1.29, 1.82) is 0 Å². The van der Waals surface area contributed by atoms with Gasteiger partial charge in [-0.3, -0.25) is 0 Å². The fourth-order valence-electron chi connectivity index (χ4n) is 1.73. The van der Waals surface area contributed by atoms with Gasteiger partial charge in [0.1, 0.15) is 17.9 Å². The molecule has 0 saturated carbocycles. The minimum Gasteiger partial charge on any atom is -0.478 e. The van der Waals surface area contributed by atoms with Crippen molar-refractivity contribution in [1.82, 2.24) is 9.97 Å². The zero-order valence-corrected chi connectivity index (χ0v) is 8.98. The molecular formula is C12H7FN2O3. The number of furan rings is 1. The van der Waals surface area contributed by atoms with E-state index in [-0.39, 0.29) is 0 Å². The number of H-pyrrole nitrogens is 1. The minimum atomic E-state index is -1.32. The van der Waals surface area contributed by atoms with Gasteiger partial charge in [-0.1, -0.05) is 0 Å². The third kappa shape index (κ3) is 1.55. The van der Waals surface area contributed by atoms with E-state index in [0.29, 0.717) is 22.4 Å². The zero-order chi connectivity index (χ0) is 12.7. The molecule has 2 N–H and O–H groups in total. The van der Waals surface area contributed by atoms with E-state index in [9.17, 15) is 9.18 Å². The lowest BCUT2D eigenvalue weighted by atomic mass is 10.2. The highest BCUT2D eigenvalue weighted by atomic mass is 19.1. The van der Waals surface area contributed by atoms with Gasteiger partial charge in [0.2, 0.25) is 0 Å². The Morgan fingerprint density at radius 2 is 2.28 bits per heavy atom. The van der Waals surface area contributed by atoms with Gasteiger partial charge in [-0.05, 0) is 12.1 Å². The predicted octanol–water partition coefficient (Wildman–Crippen LogP) is 2.66. The monoisotopic (exact) mass is 246 g/mol. The highest BCUT2D eigenvalue weighted by molar-refractivity contribution is 5.93. The molecule has 0 amide bonds. The van der Waals surface area contributed by atoms with E-state index in [1.54, 1.807) is 6.07 Å². The van der Waals surface area contributed by atoms with Gasteiger partial charge in [-0.25, -0.2) is 14.2 Å². The third-order valence-corrected chi connectivity index (χ3v) is 2.60. The number of rotatable bonds is 2. The van der Waals surface area contributed by atoms with Gasteiger partial charge in [-0.2, -0.15) is 0 Å². The van der Waals surface area contributed by atoms with Crippen molar-refractivity contribution < 1.29 is 18.7 Å². The van der Waals surface area contributed by atoms with E-state index in [2.05, 4.69) is 9.97 Å². The molecule has 1 aromatic carbocycles. The van der Waals surface area contributed by atoms with Crippen molar-refractivity contribution in [2.75, 3.05) is 0 Å². The Kier molecular flexibility index (Phi) is 2.16. The van der Waals surface area contributed by atoms with E-state index >= 15 is 0 Å². The van der Waals surface area contributed by atoms with Crippen LogP contribution >= 0.6 is 0 Å². The van der Waals surface area contributed by atoms with Gasteiger partial charge in [0.25, 0.3) is 0 Å².